The molecular weight excluding hydrogens is 310 g/mol. The molecule has 2 rings (SSSR count). The minimum Gasteiger partial charge on any atom is -0.448 e. The summed E-state index contributed by atoms with van der Waals surface area (Å²) in [7, 11) is 0. The van der Waals surface area contributed by atoms with Gasteiger partial charge in [0.15, 0.2) is 6.10 Å². The first-order valence-electron chi connectivity index (χ1n) is 7.58. The number of rotatable bonds is 5. The first-order valence-corrected chi connectivity index (χ1v) is 8.40. The third-order valence-electron chi connectivity index (χ3n) is 3.57. The number of hydrogen-bond acceptors (Lipinski definition) is 4. The minimum atomic E-state index is -0.851. The van der Waals surface area contributed by atoms with Crippen LogP contribution in [0.15, 0.2) is 30.3 Å². The van der Waals surface area contributed by atoms with Gasteiger partial charge >= 0.3 is 5.97 Å². The predicted octanol–water partition coefficient (Wildman–Crippen LogP) is 4.11. The lowest BCUT2D eigenvalue weighted by Crippen LogP contribution is -2.29. The number of nitrogens with one attached hydrogen (secondary N) is 1. The van der Waals surface area contributed by atoms with Crippen molar-refractivity contribution in [3.8, 4) is 0 Å². The fourth-order valence-electron chi connectivity index (χ4n) is 2.12. The monoisotopic (exact) mass is 331 g/mol. The number of carbonyl (C=O) groups excluding carboxylic acids is 2. The highest BCUT2D eigenvalue weighted by atomic mass is 32.1. The van der Waals surface area contributed by atoms with Crippen LogP contribution in [0, 0.1) is 13.8 Å². The highest BCUT2D eigenvalue weighted by Gasteiger charge is 2.21. The van der Waals surface area contributed by atoms with E-state index in [9.17, 15) is 9.59 Å². The number of ether oxygens (including phenoxy) is 1. The van der Waals surface area contributed by atoms with E-state index in [4.69, 9.17) is 4.74 Å². The fourth-order valence-corrected chi connectivity index (χ4v) is 3.12. The van der Waals surface area contributed by atoms with Gasteiger partial charge in [0.2, 0.25) is 0 Å². The van der Waals surface area contributed by atoms with Crippen LogP contribution in [-0.4, -0.2) is 18.0 Å². The van der Waals surface area contributed by atoms with E-state index in [-0.39, 0.29) is 5.91 Å². The summed E-state index contributed by atoms with van der Waals surface area (Å²) in [6.07, 6.45) is 0.0234. The number of amides is 1. The normalized spacial score (nSPS) is 11.8. The Morgan fingerprint density at radius 1 is 1.22 bits per heavy atom. The Kier molecular flexibility index (Phi) is 5.55. The van der Waals surface area contributed by atoms with Gasteiger partial charge in [-0.25, -0.2) is 4.79 Å². The molecule has 0 fully saturated rings. The lowest BCUT2D eigenvalue weighted by molar-refractivity contribution is -0.123. The van der Waals surface area contributed by atoms with Gasteiger partial charge in [0, 0.05) is 10.6 Å². The number of anilines is 1. The molecule has 1 aromatic carbocycles. The van der Waals surface area contributed by atoms with E-state index in [1.807, 2.05) is 51.1 Å². The Morgan fingerprint density at radius 3 is 2.43 bits per heavy atom. The second kappa shape index (κ2) is 7.42. The lowest BCUT2D eigenvalue weighted by Gasteiger charge is -2.13. The predicted molar refractivity (Wildman–Crippen MR) is 93.1 cm³/mol. The molecule has 1 heterocycles. The first-order chi connectivity index (χ1) is 10.9. The topological polar surface area (TPSA) is 55.4 Å². The van der Waals surface area contributed by atoms with Crippen LogP contribution in [0.2, 0.25) is 0 Å². The summed E-state index contributed by atoms with van der Waals surface area (Å²) in [6.45, 7) is 7.57. The summed E-state index contributed by atoms with van der Waals surface area (Å²) in [5.74, 6) is -0.796. The Hall–Kier alpha value is -2.14. The quantitative estimate of drug-likeness (QED) is 0.839. The van der Waals surface area contributed by atoms with Crippen LogP contribution in [0.1, 0.15) is 39.5 Å². The van der Waals surface area contributed by atoms with Crippen LogP contribution >= 0.6 is 11.3 Å². The average molecular weight is 331 g/mol. The number of esters is 1. The van der Waals surface area contributed by atoms with E-state index in [0.29, 0.717) is 10.6 Å². The molecule has 0 saturated heterocycles. The molecule has 0 unspecified atom stereocenters. The zero-order chi connectivity index (χ0) is 17.0. The summed E-state index contributed by atoms with van der Waals surface area (Å²) in [5.41, 5.74) is 2.93. The van der Waals surface area contributed by atoms with Crippen LogP contribution < -0.4 is 5.32 Å². The second-order valence-electron chi connectivity index (χ2n) is 5.45. The van der Waals surface area contributed by atoms with E-state index < -0.39 is 12.1 Å². The molecule has 0 spiro atoms. The molecule has 122 valence electrons. The van der Waals surface area contributed by atoms with Gasteiger partial charge in [-0.1, -0.05) is 24.6 Å². The highest BCUT2D eigenvalue weighted by molar-refractivity contribution is 7.14. The van der Waals surface area contributed by atoms with Crippen molar-refractivity contribution >= 4 is 28.9 Å². The molecule has 0 aliphatic heterocycles. The van der Waals surface area contributed by atoms with Crippen molar-refractivity contribution in [1.29, 1.82) is 0 Å². The van der Waals surface area contributed by atoms with Crippen LogP contribution in [0.25, 0.3) is 0 Å². The number of thiophene rings is 1. The molecule has 5 heteroatoms. The van der Waals surface area contributed by atoms with Gasteiger partial charge in [-0.15, -0.1) is 11.3 Å². The number of carbonyl (C=O) groups is 2. The summed E-state index contributed by atoms with van der Waals surface area (Å²) in [5, 5.41) is 2.74. The summed E-state index contributed by atoms with van der Waals surface area (Å²) < 4.78 is 5.27. The number of benzene rings is 1. The molecular formula is C18H21NO3S. The lowest BCUT2D eigenvalue weighted by atomic mass is 10.2. The van der Waals surface area contributed by atoms with Crippen molar-refractivity contribution in [2.45, 2.75) is 40.2 Å². The third kappa shape index (κ3) is 4.42. The summed E-state index contributed by atoms with van der Waals surface area (Å²) >= 11 is 1.40. The second-order valence-corrected chi connectivity index (χ2v) is 6.70. The maximum absolute atomic E-state index is 12.1. The molecule has 1 aromatic heterocycles. The largest absolute Gasteiger partial charge is 0.448 e. The minimum absolute atomic E-state index is 0.341. The van der Waals surface area contributed by atoms with Gasteiger partial charge in [-0.05, 0) is 51.0 Å². The van der Waals surface area contributed by atoms with Crippen LogP contribution in [0.3, 0.4) is 0 Å². The van der Waals surface area contributed by atoms with E-state index >= 15 is 0 Å². The molecule has 2 aromatic rings. The first kappa shape index (κ1) is 17.2. The fraction of sp³-hybridized carbons (Fsp3) is 0.333. The maximum atomic E-state index is 12.1. The Balaban J connectivity index is 1.96. The molecule has 4 nitrogen and oxygen atoms in total. The van der Waals surface area contributed by atoms with Crippen LogP contribution in [-0.2, 0) is 16.0 Å². The van der Waals surface area contributed by atoms with Gasteiger partial charge < -0.3 is 10.1 Å². The van der Waals surface area contributed by atoms with E-state index in [2.05, 4.69) is 5.32 Å². The Labute approximate surface area is 140 Å². The van der Waals surface area contributed by atoms with Gasteiger partial charge in [0.1, 0.15) is 4.88 Å². The highest BCUT2D eigenvalue weighted by Crippen LogP contribution is 2.23. The van der Waals surface area contributed by atoms with E-state index in [1.165, 1.54) is 11.3 Å². The van der Waals surface area contributed by atoms with Crippen molar-refractivity contribution < 1.29 is 14.3 Å². The van der Waals surface area contributed by atoms with Gasteiger partial charge in [-0.2, -0.15) is 0 Å². The van der Waals surface area contributed by atoms with Crippen molar-refractivity contribution in [1.82, 2.24) is 0 Å². The van der Waals surface area contributed by atoms with Crippen molar-refractivity contribution in [3.63, 3.8) is 0 Å². The standard InChI is InChI=1S/C18H21NO3S/c1-5-14-10-16(23-13(14)4)18(21)22-12(3)17(20)19-15-8-6-11(2)7-9-15/h6-10,12H,5H2,1-4H3,(H,19,20)/t12-/m0/s1. The third-order valence-corrected chi connectivity index (χ3v) is 4.65. The summed E-state index contributed by atoms with van der Waals surface area (Å²) in [6, 6.07) is 9.29. The van der Waals surface area contributed by atoms with Crippen molar-refractivity contribution in [3.05, 3.63) is 51.2 Å². The molecule has 0 radical (unpaired) electrons. The van der Waals surface area contributed by atoms with Gasteiger partial charge in [0.25, 0.3) is 5.91 Å². The zero-order valence-electron chi connectivity index (χ0n) is 13.8. The molecule has 23 heavy (non-hydrogen) atoms. The molecule has 1 N–H and O–H groups in total. The van der Waals surface area contributed by atoms with Crippen LogP contribution in [0.4, 0.5) is 5.69 Å². The smallest absolute Gasteiger partial charge is 0.349 e. The molecule has 0 saturated carbocycles. The van der Waals surface area contributed by atoms with E-state index in [1.54, 1.807) is 6.92 Å². The van der Waals surface area contributed by atoms with E-state index in [0.717, 1.165) is 22.4 Å². The molecule has 0 aliphatic carbocycles. The molecule has 1 amide bonds. The molecule has 0 bridgehead atoms. The van der Waals surface area contributed by atoms with Crippen LogP contribution in [0.5, 0.6) is 0 Å². The SMILES string of the molecule is CCc1cc(C(=O)O[C@@H](C)C(=O)Nc2ccc(C)cc2)sc1C. The summed E-state index contributed by atoms with van der Waals surface area (Å²) in [4.78, 5) is 25.9. The Bertz CT molecular complexity index is 704. The maximum Gasteiger partial charge on any atom is 0.349 e. The molecule has 0 aliphatic rings. The Morgan fingerprint density at radius 2 is 1.87 bits per heavy atom. The number of aryl methyl sites for hydroxylation is 3. The van der Waals surface area contributed by atoms with Crippen molar-refractivity contribution in [2.75, 3.05) is 5.32 Å². The number of hydrogen-bond donors (Lipinski definition) is 1. The zero-order valence-corrected chi connectivity index (χ0v) is 14.6. The van der Waals surface area contributed by atoms with Crippen molar-refractivity contribution in [2.24, 2.45) is 0 Å². The average Bonchev–Trinajstić information content (AvgIpc) is 2.90. The molecule has 1 atom stereocenters. The van der Waals surface area contributed by atoms with Gasteiger partial charge in [-0.3, -0.25) is 4.79 Å². The van der Waals surface area contributed by atoms with Gasteiger partial charge in [0.05, 0.1) is 0 Å².